The number of hydrogen-bond acceptors (Lipinski definition) is 4. The zero-order valence-electron chi connectivity index (χ0n) is 15.6. The van der Waals surface area contributed by atoms with Crippen molar-refractivity contribution < 1.29 is 13.2 Å². The molecule has 1 saturated carbocycles. The highest BCUT2D eigenvalue weighted by atomic mass is 79.9. The molecule has 0 unspecified atom stereocenters. The fourth-order valence-electron chi connectivity index (χ4n) is 3.81. The Kier molecular flexibility index (Phi) is 7.30. The number of amides is 1. The third-order valence-electron chi connectivity index (χ3n) is 5.44. The van der Waals surface area contributed by atoms with Crippen molar-refractivity contribution in [3.63, 3.8) is 0 Å². The van der Waals surface area contributed by atoms with E-state index in [1.54, 1.807) is 18.2 Å². The molecular formula is C19H28BrN3O3S. The Labute approximate surface area is 170 Å². The highest BCUT2D eigenvalue weighted by Gasteiger charge is 2.29. The highest BCUT2D eigenvalue weighted by molar-refractivity contribution is 9.10. The van der Waals surface area contributed by atoms with Gasteiger partial charge in [0.15, 0.2) is 0 Å². The summed E-state index contributed by atoms with van der Waals surface area (Å²) in [6, 6.07) is 6.78. The van der Waals surface area contributed by atoms with Crippen LogP contribution in [0.25, 0.3) is 0 Å². The Morgan fingerprint density at radius 3 is 2.48 bits per heavy atom. The van der Waals surface area contributed by atoms with Crippen LogP contribution in [0, 0.1) is 5.92 Å². The second-order valence-corrected chi connectivity index (χ2v) is 10.3. The summed E-state index contributed by atoms with van der Waals surface area (Å²) in [5.41, 5.74) is 0. The number of piperazine rings is 1. The first kappa shape index (κ1) is 20.8. The molecule has 1 aromatic rings. The molecule has 1 aliphatic carbocycles. The van der Waals surface area contributed by atoms with E-state index >= 15 is 0 Å². The minimum absolute atomic E-state index is 0.0453. The summed E-state index contributed by atoms with van der Waals surface area (Å²) in [6.07, 6.45) is 6.29. The Morgan fingerprint density at radius 1 is 1.11 bits per heavy atom. The van der Waals surface area contributed by atoms with Gasteiger partial charge in [-0.25, -0.2) is 8.42 Å². The number of nitrogens with one attached hydrogen (secondary N) is 1. The molecule has 150 valence electrons. The van der Waals surface area contributed by atoms with Crippen LogP contribution in [0.15, 0.2) is 33.6 Å². The predicted octanol–water partition coefficient (Wildman–Crippen LogP) is 2.45. The Morgan fingerprint density at radius 2 is 1.81 bits per heavy atom. The first-order chi connectivity index (χ1) is 12.9. The molecule has 0 atom stereocenters. The highest BCUT2D eigenvalue weighted by Crippen LogP contribution is 2.23. The maximum absolute atomic E-state index is 12.8. The quantitative estimate of drug-likeness (QED) is 0.711. The van der Waals surface area contributed by atoms with E-state index in [1.165, 1.54) is 36.4 Å². The van der Waals surface area contributed by atoms with Gasteiger partial charge in [0.25, 0.3) is 0 Å². The molecule has 0 bridgehead atoms. The minimum atomic E-state index is -3.49. The van der Waals surface area contributed by atoms with Crippen molar-refractivity contribution in [2.24, 2.45) is 5.92 Å². The van der Waals surface area contributed by atoms with Crippen molar-refractivity contribution in [3.05, 3.63) is 28.7 Å². The van der Waals surface area contributed by atoms with E-state index in [0.29, 0.717) is 43.5 Å². The minimum Gasteiger partial charge on any atom is -0.355 e. The number of rotatable bonds is 6. The zero-order chi connectivity index (χ0) is 19.3. The number of benzene rings is 1. The molecule has 0 spiro atoms. The van der Waals surface area contributed by atoms with Gasteiger partial charge in [0.1, 0.15) is 0 Å². The normalized spacial score (nSPS) is 20.5. The van der Waals surface area contributed by atoms with Gasteiger partial charge in [0.2, 0.25) is 15.9 Å². The second-order valence-electron chi connectivity index (χ2n) is 7.45. The van der Waals surface area contributed by atoms with Crippen molar-refractivity contribution in [1.29, 1.82) is 0 Å². The number of carbonyl (C=O) groups is 1. The molecule has 1 N–H and O–H groups in total. The van der Waals surface area contributed by atoms with Gasteiger partial charge in [-0.2, -0.15) is 4.31 Å². The lowest BCUT2D eigenvalue weighted by molar-refractivity contribution is -0.122. The molecule has 2 aliphatic rings. The SMILES string of the molecule is O=C(CN1CCN(S(=O)(=O)c2cccc(Br)c2)CC1)NCC1CCCCC1. The number of halogens is 1. The molecule has 3 rings (SSSR count). The number of carbonyl (C=O) groups excluding carboxylic acids is 1. The molecule has 2 fully saturated rings. The Hall–Kier alpha value is -0.960. The van der Waals surface area contributed by atoms with Gasteiger partial charge in [-0.1, -0.05) is 41.3 Å². The van der Waals surface area contributed by atoms with Crippen LogP contribution in [0.2, 0.25) is 0 Å². The molecule has 27 heavy (non-hydrogen) atoms. The molecule has 6 nitrogen and oxygen atoms in total. The maximum Gasteiger partial charge on any atom is 0.243 e. The van der Waals surface area contributed by atoms with E-state index in [0.717, 1.165) is 11.0 Å². The molecule has 1 aliphatic heterocycles. The van der Waals surface area contributed by atoms with Crippen LogP contribution in [-0.4, -0.2) is 62.8 Å². The standard InChI is InChI=1S/C19H28BrN3O3S/c20-17-7-4-8-18(13-17)27(25,26)23-11-9-22(10-12-23)15-19(24)21-14-16-5-2-1-3-6-16/h4,7-8,13,16H,1-3,5-6,9-12,14-15H2,(H,21,24). The summed E-state index contributed by atoms with van der Waals surface area (Å²) >= 11 is 3.32. The van der Waals surface area contributed by atoms with Gasteiger partial charge < -0.3 is 5.32 Å². The van der Waals surface area contributed by atoms with Gasteiger partial charge in [0.05, 0.1) is 11.4 Å². The molecule has 1 aromatic carbocycles. The first-order valence-corrected chi connectivity index (χ1v) is 11.9. The van der Waals surface area contributed by atoms with Crippen molar-refractivity contribution in [1.82, 2.24) is 14.5 Å². The lowest BCUT2D eigenvalue weighted by atomic mass is 9.89. The van der Waals surface area contributed by atoms with Gasteiger partial charge in [-0.15, -0.1) is 0 Å². The van der Waals surface area contributed by atoms with Crippen LogP contribution in [0.1, 0.15) is 32.1 Å². The monoisotopic (exact) mass is 457 g/mol. The summed E-state index contributed by atoms with van der Waals surface area (Å²) in [7, 11) is -3.49. The number of nitrogens with zero attached hydrogens (tertiary/aromatic N) is 2. The van der Waals surface area contributed by atoms with Gasteiger partial charge in [-0.3, -0.25) is 9.69 Å². The second kappa shape index (κ2) is 9.49. The zero-order valence-corrected chi connectivity index (χ0v) is 18.0. The van der Waals surface area contributed by atoms with Crippen LogP contribution in [0.5, 0.6) is 0 Å². The predicted molar refractivity (Wildman–Crippen MR) is 109 cm³/mol. The Bertz CT molecular complexity index is 742. The summed E-state index contributed by atoms with van der Waals surface area (Å²) in [4.78, 5) is 14.5. The molecule has 8 heteroatoms. The smallest absolute Gasteiger partial charge is 0.243 e. The fraction of sp³-hybridized carbons (Fsp3) is 0.632. The lowest BCUT2D eigenvalue weighted by Gasteiger charge is -2.33. The molecule has 1 amide bonds. The van der Waals surface area contributed by atoms with Crippen molar-refractivity contribution in [2.45, 2.75) is 37.0 Å². The molecule has 1 saturated heterocycles. The van der Waals surface area contributed by atoms with Crippen molar-refractivity contribution in [2.75, 3.05) is 39.3 Å². The molecular weight excluding hydrogens is 430 g/mol. The average Bonchev–Trinajstić information content (AvgIpc) is 2.68. The van der Waals surface area contributed by atoms with Gasteiger partial charge in [-0.05, 0) is 37.0 Å². The molecule has 0 aromatic heterocycles. The topological polar surface area (TPSA) is 69.7 Å². The Balaban J connectivity index is 1.45. The largest absolute Gasteiger partial charge is 0.355 e. The third kappa shape index (κ3) is 5.76. The van der Waals surface area contributed by atoms with Crippen LogP contribution in [-0.2, 0) is 14.8 Å². The van der Waals surface area contributed by atoms with Crippen LogP contribution in [0.3, 0.4) is 0 Å². The maximum atomic E-state index is 12.8. The van der Waals surface area contributed by atoms with Crippen LogP contribution >= 0.6 is 15.9 Å². The van der Waals surface area contributed by atoms with Crippen molar-refractivity contribution in [3.8, 4) is 0 Å². The van der Waals surface area contributed by atoms with Crippen LogP contribution in [0.4, 0.5) is 0 Å². The summed E-state index contributed by atoms with van der Waals surface area (Å²) in [5.74, 6) is 0.666. The molecule has 1 heterocycles. The number of sulfonamides is 1. The fourth-order valence-corrected chi connectivity index (χ4v) is 5.83. The summed E-state index contributed by atoms with van der Waals surface area (Å²) in [6.45, 7) is 3.08. The van der Waals surface area contributed by atoms with Gasteiger partial charge in [0, 0.05) is 37.2 Å². The van der Waals surface area contributed by atoms with E-state index < -0.39 is 10.0 Å². The van der Waals surface area contributed by atoms with E-state index in [1.807, 2.05) is 11.0 Å². The van der Waals surface area contributed by atoms with E-state index in [4.69, 9.17) is 0 Å². The van der Waals surface area contributed by atoms with Crippen molar-refractivity contribution >= 4 is 31.9 Å². The lowest BCUT2D eigenvalue weighted by Crippen LogP contribution is -2.51. The first-order valence-electron chi connectivity index (χ1n) is 9.70. The summed E-state index contributed by atoms with van der Waals surface area (Å²) < 4.78 is 27.8. The van der Waals surface area contributed by atoms with E-state index in [2.05, 4.69) is 21.2 Å². The average molecular weight is 458 g/mol. The van der Waals surface area contributed by atoms with Gasteiger partial charge >= 0.3 is 0 Å². The third-order valence-corrected chi connectivity index (χ3v) is 7.83. The van der Waals surface area contributed by atoms with Crippen LogP contribution < -0.4 is 5.32 Å². The molecule has 0 radical (unpaired) electrons. The van der Waals surface area contributed by atoms with E-state index in [-0.39, 0.29) is 5.91 Å². The van der Waals surface area contributed by atoms with E-state index in [9.17, 15) is 13.2 Å². The number of hydrogen-bond donors (Lipinski definition) is 1. The summed E-state index contributed by atoms with van der Waals surface area (Å²) in [5, 5.41) is 3.06.